The second-order valence-corrected chi connectivity index (χ2v) is 14.9. The molecule has 0 spiro atoms. The minimum absolute atomic E-state index is 0.884. The molecule has 0 N–H and O–H groups in total. The second kappa shape index (κ2) is 14.1. The Kier molecular flexibility index (Phi) is 8.19. The van der Waals surface area contributed by atoms with Gasteiger partial charge in [-0.2, -0.15) is 0 Å². The number of pyridine rings is 2. The number of rotatable bonds is 6. The second-order valence-electron chi connectivity index (χ2n) is 14.9. The van der Waals surface area contributed by atoms with E-state index in [9.17, 15) is 0 Å². The first kappa shape index (κ1) is 33.6. The monoisotopic (exact) mass is 736 g/mol. The van der Waals surface area contributed by atoms with Gasteiger partial charge in [0.2, 0.25) is 0 Å². The molecule has 0 saturated carbocycles. The summed E-state index contributed by atoms with van der Waals surface area (Å²) >= 11 is 0. The predicted octanol–water partition coefficient (Wildman–Crippen LogP) is 15.1. The number of benzene rings is 9. The van der Waals surface area contributed by atoms with E-state index in [1.54, 1.807) is 0 Å². The van der Waals surface area contributed by atoms with Gasteiger partial charge in [-0.05, 0) is 78.2 Å². The number of hydrogen-bond acceptors (Lipinski definition) is 2. The van der Waals surface area contributed by atoms with Crippen LogP contribution in [-0.4, -0.2) is 9.97 Å². The summed E-state index contributed by atoms with van der Waals surface area (Å²) in [6.45, 7) is 0. The fourth-order valence-electron chi connectivity index (χ4n) is 8.57. The Morgan fingerprint density at radius 2 is 0.569 bits per heavy atom. The molecule has 11 rings (SSSR count). The van der Waals surface area contributed by atoms with Crippen LogP contribution in [0.4, 0.5) is 0 Å². The zero-order valence-corrected chi connectivity index (χ0v) is 31.7. The van der Waals surface area contributed by atoms with Crippen LogP contribution in [0, 0.1) is 0 Å². The summed E-state index contributed by atoms with van der Waals surface area (Å²) < 4.78 is 0. The highest BCUT2D eigenvalue weighted by Gasteiger charge is 2.19. The molecule has 2 aromatic heterocycles. The van der Waals surface area contributed by atoms with Gasteiger partial charge in [-0.3, -0.25) is 0 Å². The van der Waals surface area contributed by atoms with Crippen molar-refractivity contribution in [3.05, 3.63) is 218 Å². The maximum atomic E-state index is 5.57. The first-order valence-electron chi connectivity index (χ1n) is 19.8. The van der Waals surface area contributed by atoms with Crippen LogP contribution < -0.4 is 0 Å². The summed E-state index contributed by atoms with van der Waals surface area (Å²) in [6.07, 6.45) is 0. The van der Waals surface area contributed by atoms with E-state index in [2.05, 4.69) is 218 Å². The van der Waals surface area contributed by atoms with Gasteiger partial charge in [0.05, 0.1) is 22.4 Å². The van der Waals surface area contributed by atoms with E-state index in [0.29, 0.717) is 0 Å². The zero-order chi connectivity index (χ0) is 38.4. The smallest absolute Gasteiger partial charge is 0.0978 e. The Hall–Kier alpha value is -7.68. The topological polar surface area (TPSA) is 25.8 Å². The maximum Gasteiger partial charge on any atom is 0.0978 e. The molecule has 0 fully saturated rings. The molecule has 0 bridgehead atoms. The molecular formula is C56H36N2. The Balaban J connectivity index is 1.20. The average molecular weight is 737 g/mol. The quantitative estimate of drug-likeness (QED) is 0.159. The van der Waals surface area contributed by atoms with E-state index >= 15 is 0 Å². The minimum Gasteiger partial charge on any atom is -0.245 e. The van der Waals surface area contributed by atoms with Crippen LogP contribution in [-0.2, 0) is 0 Å². The van der Waals surface area contributed by atoms with E-state index in [0.717, 1.165) is 55.4 Å². The fourth-order valence-corrected chi connectivity index (χ4v) is 8.57. The molecule has 270 valence electrons. The Morgan fingerprint density at radius 1 is 0.224 bits per heavy atom. The number of aromatic nitrogens is 2. The van der Waals surface area contributed by atoms with Crippen LogP contribution in [0.2, 0.25) is 0 Å². The summed E-state index contributed by atoms with van der Waals surface area (Å²) in [6, 6.07) is 78.2. The van der Waals surface area contributed by atoms with E-state index in [1.807, 2.05) is 0 Å². The molecule has 0 aliphatic carbocycles. The third-order valence-electron chi connectivity index (χ3n) is 11.5. The van der Waals surface area contributed by atoms with Crippen molar-refractivity contribution in [3.63, 3.8) is 0 Å². The third kappa shape index (κ3) is 5.91. The van der Waals surface area contributed by atoms with Gasteiger partial charge in [0.15, 0.2) is 0 Å². The third-order valence-corrected chi connectivity index (χ3v) is 11.5. The van der Waals surface area contributed by atoms with Crippen LogP contribution in [0.3, 0.4) is 0 Å². The Bertz CT molecular complexity index is 3060. The van der Waals surface area contributed by atoms with Gasteiger partial charge in [-0.1, -0.05) is 206 Å². The van der Waals surface area contributed by atoms with E-state index in [1.165, 1.54) is 54.9 Å². The van der Waals surface area contributed by atoms with Gasteiger partial charge in [0.25, 0.3) is 0 Å². The summed E-state index contributed by atoms with van der Waals surface area (Å²) in [7, 11) is 0. The molecule has 9 aromatic carbocycles. The number of nitrogens with zero attached hydrogens (tertiary/aromatic N) is 2. The summed E-state index contributed by atoms with van der Waals surface area (Å²) in [5.74, 6) is 0. The molecule has 0 aliphatic rings. The van der Waals surface area contributed by atoms with Gasteiger partial charge in [-0.15, -0.1) is 0 Å². The normalized spacial score (nSPS) is 11.4. The summed E-state index contributed by atoms with van der Waals surface area (Å²) in [5, 5.41) is 6.97. The zero-order valence-electron chi connectivity index (χ0n) is 31.7. The van der Waals surface area contributed by atoms with Crippen molar-refractivity contribution >= 4 is 43.4 Å². The first-order valence-corrected chi connectivity index (χ1v) is 19.8. The highest BCUT2D eigenvalue weighted by molar-refractivity contribution is 6.16. The van der Waals surface area contributed by atoms with Crippen LogP contribution in [0.15, 0.2) is 218 Å². The molecule has 0 unspecified atom stereocenters. The summed E-state index contributed by atoms with van der Waals surface area (Å²) in [4.78, 5) is 11.1. The van der Waals surface area contributed by atoms with E-state index < -0.39 is 0 Å². The minimum atomic E-state index is 0.884. The molecule has 0 radical (unpaired) electrons. The van der Waals surface area contributed by atoms with Crippen molar-refractivity contribution in [3.8, 4) is 67.0 Å². The van der Waals surface area contributed by atoms with Crippen molar-refractivity contribution in [1.82, 2.24) is 9.97 Å². The lowest BCUT2D eigenvalue weighted by atomic mass is 9.90. The van der Waals surface area contributed by atoms with Gasteiger partial charge < -0.3 is 0 Å². The largest absolute Gasteiger partial charge is 0.245 e. The SMILES string of the molecule is c1ccc(-c2ccc(-c3cc(-c4cccc5ccccc45)c4ccc5c(-c6cccc7ccccc67)cc(-c6ccc(-c7ccccc7)cc6)nc5c4n3)cc2)cc1. The van der Waals surface area contributed by atoms with Gasteiger partial charge in [-0.25, -0.2) is 9.97 Å². The van der Waals surface area contributed by atoms with Crippen LogP contribution in [0.1, 0.15) is 0 Å². The Labute approximate surface area is 337 Å². The molecule has 2 heterocycles. The Morgan fingerprint density at radius 3 is 1.00 bits per heavy atom. The molecule has 58 heavy (non-hydrogen) atoms. The highest BCUT2D eigenvalue weighted by atomic mass is 14.8. The van der Waals surface area contributed by atoms with Crippen molar-refractivity contribution in [2.45, 2.75) is 0 Å². The van der Waals surface area contributed by atoms with Crippen molar-refractivity contribution in [2.75, 3.05) is 0 Å². The lowest BCUT2D eigenvalue weighted by Gasteiger charge is -2.17. The van der Waals surface area contributed by atoms with E-state index in [4.69, 9.17) is 9.97 Å². The lowest BCUT2D eigenvalue weighted by molar-refractivity contribution is 1.36. The summed E-state index contributed by atoms with van der Waals surface area (Å²) in [5.41, 5.74) is 15.1. The molecule has 2 nitrogen and oxygen atoms in total. The van der Waals surface area contributed by atoms with Crippen LogP contribution >= 0.6 is 0 Å². The molecule has 2 heteroatoms. The molecule has 0 saturated heterocycles. The van der Waals surface area contributed by atoms with Crippen LogP contribution in [0.25, 0.3) is 110 Å². The van der Waals surface area contributed by atoms with Gasteiger partial charge in [0.1, 0.15) is 0 Å². The van der Waals surface area contributed by atoms with Crippen molar-refractivity contribution < 1.29 is 0 Å². The van der Waals surface area contributed by atoms with Gasteiger partial charge >= 0.3 is 0 Å². The molecule has 0 aliphatic heterocycles. The van der Waals surface area contributed by atoms with Crippen molar-refractivity contribution in [2.24, 2.45) is 0 Å². The number of fused-ring (bicyclic) bond motifs is 5. The molecule has 0 amide bonds. The molecular weight excluding hydrogens is 701 g/mol. The predicted molar refractivity (Wildman–Crippen MR) is 245 cm³/mol. The van der Waals surface area contributed by atoms with Crippen LogP contribution in [0.5, 0.6) is 0 Å². The average Bonchev–Trinajstić information content (AvgIpc) is 3.31. The molecule has 11 aromatic rings. The van der Waals surface area contributed by atoms with Crippen molar-refractivity contribution in [1.29, 1.82) is 0 Å². The first-order chi connectivity index (χ1) is 28.7. The molecule has 0 atom stereocenters. The highest BCUT2D eigenvalue weighted by Crippen LogP contribution is 2.42. The number of hydrogen-bond donors (Lipinski definition) is 0. The fraction of sp³-hybridized carbons (Fsp3) is 0. The standard InChI is InChI=1S/C56H36N2/c1-3-13-37(14-4-1)39-25-29-43(30-26-39)53-35-51(47-23-11-19-41-17-7-9-21-45(41)47)49-33-34-50-52(48-24-12-20-42-18-8-10-22-46(42)48)36-54(58-56(50)55(49)57-53)44-31-27-40(28-32-44)38-15-5-2-6-16-38/h1-36H. The van der Waals surface area contributed by atoms with Gasteiger partial charge in [0, 0.05) is 21.9 Å². The lowest BCUT2D eigenvalue weighted by Crippen LogP contribution is -1.96. The van der Waals surface area contributed by atoms with E-state index in [-0.39, 0.29) is 0 Å². The maximum absolute atomic E-state index is 5.57.